The zero-order valence-electron chi connectivity index (χ0n) is 9.48. The molecule has 0 amide bonds. The van der Waals surface area contributed by atoms with E-state index < -0.39 is 0 Å². The molecule has 3 heteroatoms. The Morgan fingerprint density at radius 2 is 1.82 bits per heavy atom. The molecule has 0 atom stereocenters. The fourth-order valence-electron chi connectivity index (χ4n) is 1.55. The van der Waals surface area contributed by atoms with E-state index in [1.807, 2.05) is 13.0 Å². The molecule has 2 aromatic rings. The van der Waals surface area contributed by atoms with E-state index in [0.717, 1.165) is 11.1 Å². The Hall–Kier alpha value is -1.87. The Morgan fingerprint density at radius 3 is 2.41 bits per heavy atom. The van der Waals surface area contributed by atoms with Gasteiger partial charge in [-0.15, -0.1) is 0 Å². The molecule has 0 heterocycles. The first-order valence-electron chi connectivity index (χ1n) is 5.33. The Kier molecular flexibility index (Phi) is 3.40. The lowest BCUT2D eigenvalue weighted by molar-refractivity contribution is 0.281. The van der Waals surface area contributed by atoms with E-state index in [1.54, 1.807) is 24.3 Å². The molecule has 0 saturated heterocycles. The number of ether oxygens (including phenoxy) is 1. The minimum Gasteiger partial charge on any atom is -0.457 e. The lowest BCUT2D eigenvalue weighted by atomic mass is 10.1. The number of benzene rings is 2. The highest BCUT2D eigenvalue weighted by molar-refractivity contribution is 5.39. The van der Waals surface area contributed by atoms with E-state index in [2.05, 4.69) is 0 Å². The van der Waals surface area contributed by atoms with Crippen LogP contribution in [0.4, 0.5) is 4.39 Å². The van der Waals surface area contributed by atoms with Gasteiger partial charge in [0.2, 0.25) is 0 Å². The maximum absolute atomic E-state index is 12.7. The van der Waals surface area contributed by atoms with Gasteiger partial charge in [0.05, 0.1) is 6.61 Å². The van der Waals surface area contributed by atoms with Crippen LogP contribution in [0.1, 0.15) is 11.1 Å². The SMILES string of the molecule is Cc1cc(CO)ccc1Oc1ccc(F)cc1. The van der Waals surface area contributed by atoms with E-state index in [9.17, 15) is 4.39 Å². The summed E-state index contributed by atoms with van der Waals surface area (Å²) in [5.41, 5.74) is 1.77. The van der Waals surface area contributed by atoms with Gasteiger partial charge in [0.1, 0.15) is 17.3 Å². The van der Waals surface area contributed by atoms with Crippen LogP contribution in [0.3, 0.4) is 0 Å². The van der Waals surface area contributed by atoms with Gasteiger partial charge < -0.3 is 9.84 Å². The van der Waals surface area contributed by atoms with Crippen LogP contribution < -0.4 is 4.74 Å². The molecule has 0 aliphatic rings. The molecule has 1 N–H and O–H groups in total. The first-order chi connectivity index (χ1) is 8.19. The van der Waals surface area contributed by atoms with Crippen molar-refractivity contribution in [3.05, 3.63) is 59.4 Å². The van der Waals surface area contributed by atoms with Crippen LogP contribution in [0.15, 0.2) is 42.5 Å². The summed E-state index contributed by atoms with van der Waals surface area (Å²) < 4.78 is 18.3. The monoisotopic (exact) mass is 232 g/mol. The van der Waals surface area contributed by atoms with Gasteiger partial charge in [-0.3, -0.25) is 0 Å². The second-order valence-electron chi connectivity index (χ2n) is 3.81. The first kappa shape index (κ1) is 11.6. The molecule has 17 heavy (non-hydrogen) atoms. The van der Waals surface area contributed by atoms with Crippen molar-refractivity contribution < 1.29 is 14.2 Å². The zero-order valence-corrected chi connectivity index (χ0v) is 9.48. The van der Waals surface area contributed by atoms with Gasteiger partial charge in [-0.25, -0.2) is 4.39 Å². The Balaban J connectivity index is 2.21. The van der Waals surface area contributed by atoms with E-state index >= 15 is 0 Å². The average molecular weight is 232 g/mol. The number of hydrogen-bond acceptors (Lipinski definition) is 2. The van der Waals surface area contributed by atoms with Crippen LogP contribution in [-0.4, -0.2) is 5.11 Å². The fourth-order valence-corrected chi connectivity index (χ4v) is 1.55. The molecule has 2 aromatic carbocycles. The highest BCUT2D eigenvalue weighted by atomic mass is 19.1. The van der Waals surface area contributed by atoms with Crippen LogP contribution in [-0.2, 0) is 6.61 Å². The summed E-state index contributed by atoms with van der Waals surface area (Å²) >= 11 is 0. The number of hydrogen-bond donors (Lipinski definition) is 1. The van der Waals surface area contributed by atoms with Crippen LogP contribution in [0.2, 0.25) is 0 Å². The van der Waals surface area contributed by atoms with Crippen LogP contribution in [0.25, 0.3) is 0 Å². The molecule has 2 rings (SSSR count). The molecule has 0 aliphatic heterocycles. The third-order valence-electron chi connectivity index (χ3n) is 2.46. The Bertz CT molecular complexity index is 506. The topological polar surface area (TPSA) is 29.5 Å². The highest BCUT2D eigenvalue weighted by Crippen LogP contribution is 2.25. The van der Waals surface area contributed by atoms with Crippen molar-refractivity contribution in [3.8, 4) is 11.5 Å². The van der Waals surface area contributed by atoms with Gasteiger partial charge in [0, 0.05) is 0 Å². The molecular formula is C14H13FO2. The third-order valence-corrected chi connectivity index (χ3v) is 2.46. The molecule has 0 saturated carbocycles. The Labute approximate surface area is 99.3 Å². The van der Waals surface area contributed by atoms with Crippen molar-refractivity contribution in [1.29, 1.82) is 0 Å². The zero-order chi connectivity index (χ0) is 12.3. The van der Waals surface area contributed by atoms with E-state index in [1.165, 1.54) is 12.1 Å². The minimum absolute atomic E-state index is 0.0116. The standard InChI is InChI=1S/C14H13FO2/c1-10-8-11(9-16)2-7-14(10)17-13-5-3-12(15)4-6-13/h2-8,16H,9H2,1H3. The van der Waals surface area contributed by atoms with E-state index in [-0.39, 0.29) is 12.4 Å². The number of aliphatic hydroxyl groups excluding tert-OH is 1. The van der Waals surface area contributed by atoms with Gasteiger partial charge >= 0.3 is 0 Å². The maximum atomic E-state index is 12.7. The molecule has 0 aromatic heterocycles. The van der Waals surface area contributed by atoms with Gasteiger partial charge in [0.25, 0.3) is 0 Å². The predicted octanol–water partition coefficient (Wildman–Crippen LogP) is 3.42. The lowest BCUT2D eigenvalue weighted by Gasteiger charge is -2.09. The molecule has 0 fully saturated rings. The quantitative estimate of drug-likeness (QED) is 0.878. The van der Waals surface area contributed by atoms with Crippen LogP contribution in [0.5, 0.6) is 11.5 Å². The van der Waals surface area contributed by atoms with Crippen molar-refractivity contribution in [2.45, 2.75) is 13.5 Å². The summed E-state index contributed by atoms with van der Waals surface area (Å²) in [5, 5.41) is 8.99. The summed E-state index contributed by atoms with van der Waals surface area (Å²) in [7, 11) is 0. The third kappa shape index (κ3) is 2.82. The van der Waals surface area contributed by atoms with Crippen molar-refractivity contribution in [2.24, 2.45) is 0 Å². The molecule has 0 radical (unpaired) electrons. The molecule has 88 valence electrons. The van der Waals surface area contributed by atoms with Gasteiger partial charge in [-0.1, -0.05) is 12.1 Å². The number of rotatable bonds is 3. The molecule has 0 unspecified atom stereocenters. The number of aliphatic hydroxyl groups is 1. The van der Waals surface area contributed by atoms with Crippen LogP contribution >= 0.6 is 0 Å². The normalized spacial score (nSPS) is 10.3. The molecular weight excluding hydrogens is 219 g/mol. The Morgan fingerprint density at radius 1 is 1.12 bits per heavy atom. The highest BCUT2D eigenvalue weighted by Gasteiger charge is 2.02. The molecule has 2 nitrogen and oxygen atoms in total. The minimum atomic E-state index is -0.287. The maximum Gasteiger partial charge on any atom is 0.130 e. The molecule has 0 spiro atoms. The average Bonchev–Trinajstić information content (AvgIpc) is 2.34. The van der Waals surface area contributed by atoms with Crippen molar-refractivity contribution in [3.63, 3.8) is 0 Å². The fraction of sp³-hybridized carbons (Fsp3) is 0.143. The lowest BCUT2D eigenvalue weighted by Crippen LogP contribution is -1.90. The van der Waals surface area contributed by atoms with Crippen molar-refractivity contribution >= 4 is 0 Å². The van der Waals surface area contributed by atoms with E-state index in [0.29, 0.717) is 11.5 Å². The summed E-state index contributed by atoms with van der Waals surface area (Å²) in [6.07, 6.45) is 0. The van der Waals surface area contributed by atoms with E-state index in [4.69, 9.17) is 9.84 Å². The summed E-state index contributed by atoms with van der Waals surface area (Å²) in [5.74, 6) is 1.00. The molecule has 0 bridgehead atoms. The summed E-state index contributed by atoms with van der Waals surface area (Å²) in [4.78, 5) is 0. The second kappa shape index (κ2) is 4.97. The van der Waals surface area contributed by atoms with Gasteiger partial charge in [0.15, 0.2) is 0 Å². The summed E-state index contributed by atoms with van der Waals surface area (Å²) in [6, 6.07) is 11.3. The largest absolute Gasteiger partial charge is 0.457 e. The van der Waals surface area contributed by atoms with Crippen molar-refractivity contribution in [1.82, 2.24) is 0 Å². The van der Waals surface area contributed by atoms with Crippen molar-refractivity contribution in [2.75, 3.05) is 0 Å². The van der Waals surface area contributed by atoms with Crippen LogP contribution in [0, 0.1) is 12.7 Å². The smallest absolute Gasteiger partial charge is 0.130 e. The number of halogens is 1. The first-order valence-corrected chi connectivity index (χ1v) is 5.33. The second-order valence-corrected chi connectivity index (χ2v) is 3.81. The molecule has 0 aliphatic carbocycles. The van der Waals surface area contributed by atoms with Gasteiger partial charge in [-0.05, 0) is 48.4 Å². The number of aryl methyl sites for hydroxylation is 1. The predicted molar refractivity (Wildman–Crippen MR) is 63.6 cm³/mol. The summed E-state index contributed by atoms with van der Waals surface area (Å²) in [6.45, 7) is 1.91. The van der Waals surface area contributed by atoms with Gasteiger partial charge in [-0.2, -0.15) is 0 Å².